The molecule has 2 aromatic rings. The van der Waals surface area contributed by atoms with Crippen molar-refractivity contribution in [2.75, 3.05) is 32.2 Å². The molecule has 0 heterocycles. The first-order valence-corrected chi connectivity index (χ1v) is 8.88. The maximum Gasteiger partial charge on any atom is 0.324 e. The minimum absolute atomic E-state index is 0.118. The van der Waals surface area contributed by atoms with Crippen molar-refractivity contribution in [3.05, 3.63) is 42.5 Å². The van der Waals surface area contributed by atoms with E-state index in [0.29, 0.717) is 5.75 Å². The lowest BCUT2D eigenvalue weighted by molar-refractivity contribution is -0.135. The SMILES string of the molecule is COc1ccc(S(=O)(=O)N(CC(=O)O)c2ccccc2OC)cc1OC. The van der Waals surface area contributed by atoms with E-state index in [2.05, 4.69) is 0 Å². The summed E-state index contributed by atoms with van der Waals surface area (Å²) in [4.78, 5) is 11.2. The summed E-state index contributed by atoms with van der Waals surface area (Å²) in [5, 5.41) is 9.21. The number of benzene rings is 2. The summed E-state index contributed by atoms with van der Waals surface area (Å²) in [6.45, 7) is -0.767. The van der Waals surface area contributed by atoms with Crippen molar-refractivity contribution in [2.24, 2.45) is 0 Å². The van der Waals surface area contributed by atoms with E-state index < -0.39 is 22.5 Å². The van der Waals surface area contributed by atoms with E-state index in [0.717, 1.165) is 4.31 Å². The predicted molar refractivity (Wildman–Crippen MR) is 94.7 cm³/mol. The molecular formula is C17H19NO7S. The van der Waals surface area contributed by atoms with Crippen LogP contribution < -0.4 is 18.5 Å². The van der Waals surface area contributed by atoms with Gasteiger partial charge < -0.3 is 19.3 Å². The zero-order chi connectivity index (χ0) is 19.3. The largest absolute Gasteiger partial charge is 0.495 e. The van der Waals surface area contributed by atoms with Crippen molar-refractivity contribution in [2.45, 2.75) is 4.90 Å². The van der Waals surface area contributed by atoms with Gasteiger partial charge in [-0.2, -0.15) is 0 Å². The second-order valence-electron chi connectivity index (χ2n) is 5.09. The minimum atomic E-state index is -4.20. The number of nitrogens with zero attached hydrogens (tertiary/aromatic N) is 1. The fraction of sp³-hybridized carbons (Fsp3) is 0.235. The van der Waals surface area contributed by atoms with Gasteiger partial charge in [-0.15, -0.1) is 0 Å². The van der Waals surface area contributed by atoms with Gasteiger partial charge in [0, 0.05) is 6.07 Å². The normalized spacial score (nSPS) is 10.9. The lowest BCUT2D eigenvalue weighted by Crippen LogP contribution is -2.36. The van der Waals surface area contributed by atoms with Gasteiger partial charge in [0.1, 0.15) is 12.3 Å². The van der Waals surface area contributed by atoms with Crippen LogP contribution in [0.4, 0.5) is 5.69 Å². The van der Waals surface area contributed by atoms with Crippen LogP contribution >= 0.6 is 0 Å². The van der Waals surface area contributed by atoms with Crippen LogP contribution in [0.5, 0.6) is 17.2 Å². The van der Waals surface area contributed by atoms with E-state index in [1.54, 1.807) is 18.2 Å². The van der Waals surface area contributed by atoms with E-state index in [4.69, 9.17) is 14.2 Å². The van der Waals surface area contributed by atoms with Crippen molar-refractivity contribution in [1.29, 1.82) is 0 Å². The molecule has 0 amide bonds. The Bertz CT molecular complexity index is 896. The molecule has 9 heteroatoms. The van der Waals surface area contributed by atoms with Crippen LogP contribution in [0.25, 0.3) is 0 Å². The molecular weight excluding hydrogens is 362 g/mol. The van der Waals surface area contributed by atoms with Gasteiger partial charge in [-0.05, 0) is 24.3 Å². The molecule has 0 aliphatic heterocycles. The maximum absolute atomic E-state index is 13.1. The van der Waals surface area contributed by atoms with Crippen molar-refractivity contribution in [1.82, 2.24) is 0 Å². The van der Waals surface area contributed by atoms with Crippen LogP contribution in [0.1, 0.15) is 0 Å². The molecule has 140 valence electrons. The number of sulfonamides is 1. The minimum Gasteiger partial charge on any atom is -0.495 e. The van der Waals surface area contributed by atoms with Crippen LogP contribution in [-0.4, -0.2) is 47.4 Å². The van der Waals surface area contributed by atoms with Crippen molar-refractivity contribution in [3.63, 3.8) is 0 Å². The average Bonchev–Trinajstić information content (AvgIpc) is 2.65. The smallest absolute Gasteiger partial charge is 0.324 e. The van der Waals surface area contributed by atoms with Crippen LogP contribution in [0.2, 0.25) is 0 Å². The first-order chi connectivity index (χ1) is 12.3. The Kier molecular flexibility index (Phi) is 5.93. The van der Waals surface area contributed by atoms with Gasteiger partial charge in [-0.3, -0.25) is 9.10 Å². The number of hydrogen-bond acceptors (Lipinski definition) is 6. The van der Waals surface area contributed by atoms with Crippen LogP contribution in [-0.2, 0) is 14.8 Å². The Morgan fingerprint density at radius 2 is 1.58 bits per heavy atom. The van der Waals surface area contributed by atoms with Crippen LogP contribution in [0, 0.1) is 0 Å². The molecule has 0 bridgehead atoms. The predicted octanol–water partition coefficient (Wildman–Crippen LogP) is 1.99. The third-order valence-corrected chi connectivity index (χ3v) is 5.33. The highest BCUT2D eigenvalue weighted by Crippen LogP contribution is 2.35. The number of carbonyl (C=O) groups is 1. The summed E-state index contributed by atoms with van der Waals surface area (Å²) >= 11 is 0. The number of para-hydroxylation sites is 2. The highest BCUT2D eigenvalue weighted by atomic mass is 32.2. The summed E-state index contributed by atoms with van der Waals surface area (Å²) in [6.07, 6.45) is 0. The Morgan fingerprint density at radius 3 is 2.15 bits per heavy atom. The number of hydrogen-bond donors (Lipinski definition) is 1. The van der Waals surface area contributed by atoms with Gasteiger partial charge >= 0.3 is 5.97 Å². The zero-order valence-electron chi connectivity index (χ0n) is 14.5. The molecule has 0 unspecified atom stereocenters. The molecule has 0 aliphatic rings. The van der Waals surface area contributed by atoms with Crippen LogP contribution in [0.3, 0.4) is 0 Å². The van der Waals surface area contributed by atoms with E-state index in [1.807, 2.05) is 0 Å². The van der Waals surface area contributed by atoms with Crippen molar-refractivity contribution >= 4 is 21.7 Å². The number of ether oxygens (including phenoxy) is 3. The highest BCUT2D eigenvalue weighted by Gasteiger charge is 2.30. The number of methoxy groups -OCH3 is 3. The Morgan fingerprint density at radius 1 is 0.962 bits per heavy atom. The summed E-state index contributed by atoms with van der Waals surface area (Å²) < 4.78 is 42.4. The molecule has 0 radical (unpaired) electrons. The third kappa shape index (κ3) is 3.83. The van der Waals surface area contributed by atoms with Crippen molar-refractivity contribution in [3.8, 4) is 17.2 Å². The molecule has 0 saturated heterocycles. The summed E-state index contributed by atoms with van der Waals surface area (Å²) in [5.74, 6) is -0.504. The van der Waals surface area contributed by atoms with E-state index in [1.165, 1.54) is 45.6 Å². The molecule has 0 atom stereocenters. The molecule has 8 nitrogen and oxygen atoms in total. The van der Waals surface area contributed by atoms with E-state index in [9.17, 15) is 18.3 Å². The lowest BCUT2D eigenvalue weighted by atomic mass is 10.3. The quantitative estimate of drug-likeness (QED) is 0.746. The average molecular weight is 381 g/mol. The number of aliphatic carboxylic acids is 1. The summed E-state index contributed by atoms with van der Waals surface area (Å²) in [5.41, 5.74) is 0.118. The third-order valence-electron chi connectivity index (χ3n) is 3.58. The molecule has 0 saturated carbocycles. The topological polar surface area (TPSA) is 102 Å². The Hall–Kier alpha value is -2.94. The molecule has 2 rings (SSSR count). The highest BCUT2D eigenvalue weighted by molar-refractivity contribution is 7.92. The van der Waals surface area contributed by atoms with E-state index in [-0.39, 0.29) is 22.1 Å². The molecule has 0 fully saturated rings. The summed E-state index contributed by atoms with van der Waals surface area (Å²) in [7, 11) is -0.0200. The molecule has 0 aromatic heterocycles. The van der Waals surface area contributed by atoms with E-state index >= 15 is 0 Å². The molecule has 1 N–H and O–H groups in total. The fourth-order valence-electron chi connectivity index (χ4n) is 2.36. The number of anilines is 1. The van der Waals surface area contributed by atoms with Crippen LogP contribution in [0.15, 0.2) is 47.4 Å². The second kappa shape index (κ2) is 7.96. The number of rotatable bonds is 8. The standard InChI is InChI=1S/C17H19NO7S/c1-23-14-7-5-4-6-13(14)18(11-17(19)20)26(21,22)12-8-9-15(24-2)16(10-12)25-3/h4-10H,11H2,1-3H3,(H,19,20). The molecule has 0 aliphatic carbocycles. The molecule has 0 spiro atoms. The first kappa shape index (κ1) is 19.4. The summed E-state index contributed by atoms with van der Waals surface area (Å²) in [6, 6.07) is 10.3. The number of carboxylic acid groups (broad SMARTS) is 1. The zero-order valence-corrected chi connectivity index (χ0v) is 15.3. The van der Waals surface area contributed by atoms with Gasteiger partial charge in [0.2, 0.25) is 0 Å². The molecule has 26 heavy (non-hydrogen) atoms. The Labute approximate surface area is 151 Å². The lowest BCUT2D eigenvalue weighted by Gasteiger charge is -2.24. The first-order valence-electron chi connectivity index (χ1n) is 7.44. The van der Waals surface area contributed by atoms with Gasteiger partial charge in [-0.1, -0.05) is 12.1 Å². The fourth-order valence-corrected chi connectivity index (χ4v) is 3.80. The van der Waals surface area contributed by atoms with Gasteiger partial charge in [0.15, 0.2) is 11.5 Å². The Balaban J connectivity index is 2.62. The van der Waals surface area contributed by atoms with Gasteiger partial charge in [-0.25, -0.2) is 8.42 Å². The van der Waals surface area contributed by atoms with Crippen molar-refractivity contribution < 1.29 is 32.5 Å². The van der Waals surface area contributed by atoms with Gasteiger partial charge in [0.25, 0.3) is 10.0 Å². The molecule has 2 aromatic carbocycles. The second-order valence-corrected chi connectivity index (χ2v) is 6.96. The number of carboxylic acids is 1. The van der Waals surface area contributed by atoms with Gasteiger partial charge in [0.05, 0.1) is 31.9 Å². The monoisotopic (exact) mass is 381 g/mol. The maximum atomic E-state index is 13.1.